The largest absolute Gasteiger partial charge is 0.321 e. The summed E-state index contributed by atoms with van der Waals surface area (Å²) in [6.45, 7) is 3.84. The lowest BCUT2D eigenvalue weighted by Crippen LogP contribution is -2.27. The molecule has 1 aromatic rings. The third-order valence-electron chi connectivity index (χ3n) is 1.28. The lowest BCUT2D eigenvalue weighted by molar-refractivity contribution is 0.567. The van der Waals surface area contributed by atoms with E-state index in [2.05, 4.69) is 0 Å². The highest BCUT2D eigenvalue weighted by molar-refractivity contribution is 7.17. The normalized spacial score (nSPS) is 12.1. The van der Waals surface area contributed by atoms with Crippen LogP contribution in [0.15, 0.2) is 6.07 Å². The van der Waals surface area contributed by atoms with Crippen molar-refractivity contribution < 1.29 is 0 Å². The Hall–Kier alpha value is 0.240. The van der Waals surface area contributed by atoms with Crippen molar-refractivity contribution in [3.8, 4) is 0 Å². The molecule has 0 unspecified atom stereocenters. The van der Waals surface area contributed by atoms with Gasteiger partial charge < -0.3 is 5.73 Å². The molecule has 0 aliphatic rings. The van der Waals surface area contributed by atoms with Gasteiger partial charge in [-0.1, -0.05) is 23.2 Å². The lowest BCUT2D eigenvalue weighted by Gasteiger charge is -2.15. The summed E-state index contributed by atoms with van der Waals surface area (Å²) in [5.74, 6) is 0. The quantitative estimate of drug-likeness (QED) is 0.756. The van der Waals surface area contributed by atoms with Gasteiger partial charge in [0.15, 0.2) is 0 Å². The van der Waals surface area contributed by atoms with Crippen molar-refractivity contribution >= 4 is 34.5 Å². The van der Waals surface area contributed by atoms with Crippen molar-refractivity contribution in [2.45, 2.75) is 19.4 Å². The van der Waals surface area contributed by atoms with Crippen LogP contribution >= 0.6 is 34.5 Å². The van der Waals surface area contributed by atoms with Gasteiger partial charge in [0.2, 0.25) is 0 Å². The summed E-state index contributed by atoms with van der Waals surface area (Å²) >= 11 is 13.0. The Morgan fingerprint density at radius 3 is 2.18 bits per heavy atom. The Kier molecular flexibility index (Phi) is 2.49. The van der Waals surface area contributed by atoms with Crippen LogP contribution in [0.3, 0.4) is 0 Å². The van der Waals surface area contributed by atoms with Gasteiger partial charge in [-0.15, -0.1) is 11.3 Å². The summed E-state index contributed by atoms with van der Waals surface area (Å²) < 4.78 is 0.611. The summed E-state index contributed by atoms with van der Waals surface area (Å²) in [5.41, 5.74) is 5.49. The topological polar surface area (TPSA) is 26.0 Å². The molecule has 4 heteroatoms. The van der Waals surface area contributed by atoms with Crippen LogP contribution in [0.2, 0.25) is 9.36 Å². The second-order valence-corrected chi connectivity index (χ2v) is 5.02. The molecule has 2 N–H and O–H groups in total. The lowest BCUT2D eigenvalue weighted by atomic mass is 10.1. The SMILES string of the molecule is CC(C)(N)c1cc(Cl)c(Cl)s1. The number of hydrogen-bond acceptors (Lipinski definition) is 2. The first-order valence-electron chi connectivity index (χ1n) is 3.15. The third kappa shape index (κ3) is 2.09. The molecule has 0 bridgehead atoms. The van der Waals surface area contributed by atoms with E-state index >= 15 is 0 Å². The predicted octanol–water partition coefficient (Wildman–Crippen LogP) is 3.25. The van der Waals surface area contributed by atoms with Gasteiger partial charge in [-0.05, 0) is 19.9 Å². The minimum Gasteiger partial charge on any atom is -0.321 e. The monoisotopic (exact) mass is 209 g/mol. The molecule has 0 saturated carbocycles. The zero-order chi connectivity index (χ0) is 8.65. The van der Waals surface area contributed by atoms with E-state index in [0.29, 0.717) is 9.36 Å². The van der Waals surface area contributed by atoms with Crippen molar-refractivity contribution in [2.75, 3.05) is 0 Å². The van der Waals surface area contributed by atoms with Gasteiger partial charge in [0.05, 0.1) is 5.02 Å². The first kappa shape index (κ1) is 9.33. The Morgan fingerprint density at radius 2 is 2.00 bits per heavy atom. The van der Waals surface area contributed by atoms with Crippen molar-refractivity contribution in [3.05, 3.63) is 20.3 Å². The standard InChI is InChI=1S/C7H9Cl2NS/c1-7(2,10)5-3-4(8)6(9)11-5/h3H,10H2,1-2H3. The average molecular weight is 210 g/mol. The number of thiophene rings is 1. The summed E-state index contributed by atoms with van der Waals surface area (Å²) in [7, 11) is 0. The van der Waals surface area contributed by atoms with E-state index < -0.39 is 0 Å². The molecule has 0 aromatic carbocycles. The van der Waals surface area contributed by atoms with Crippen molar-refractivity contribution in [3.63, 3.8) is 0 Å². The van der Waals surface area contributed by atoms with Crippen LogP contribution in [-0.2, 0) is 5.54 Å². The van der Waals surface area contributed by atoms with Gasteiger partial charge in [0, 0.05) is 10.4 Å². The molecule has 62 valence electrons. The van der Waals surface area contributed by atoms with Crippen LogP contribution in [0.4, 0.5) is 0 Å². The van der Waals surface area contributed by atoms with Crippen LogP contribution < -0.4 is 5.73 Å². The Bertz CT molecular complexity index is 242. The molecule has 0 atom stereocenters. The third-order valence-corrected chi connectivity index (χ3v) is 3.49. The van der Waals surface area contributed by atoms with Gasteiger partial charge in [-0.2, -0.15) is 0 Å². The first-order chi connectivity index (χ1) is 4.91. The van der Waals surface area contributed by atoms with Crippen molar-refractivity contribution in [1.29, 1.82) is 0 Å². The molecule has 0 aliphatic heterocycles. The van der Waals surface area contributed by atoms with E-state index in [0.717, 1.165) is 4.88 Å². The molecule has 0 saturated heterocycles. The molecule has 1 rings (SSSR count). The van der Waals surface area contributed by atoms with Crippen molar-refractivity contribution in [2.24, 2.45) is 5.73 Å². The summed E-state index contributed by atoms with van der Waals surface area (Å²) in [4.78, 5) is 1.01. The zero-order valence-corrected chi connectivity index (χ0v) is 8.65. The second kappa shape index (κ2) is 2.94. The summed E-state index contributed by atoms with van der Waals surface area (Å²) in [6.07, 6.45) is 0. The number of rotatable bonds is 1. The van der Waals surface area contributed by atoms with Gasteiger partial charge in [-0.3, -0.25) is 0 Å². The minimum absolute atomic E-state index is 0.346. The molecular weight excluding hydrogens is 201 g/mol. The highest BCUT2D eigenvalue weighted by atomic mass is 35.5. The van der Waals surface area contributed by atoms with Gasteiger partial charge in [0.1, 0.15) is 4.34 Å². The average Bonchev–Trinajstić information content (AvgIpc) is 2.11. The molecule has 0 aliphatic carbocycles. The molecular formula is C7H9Cl2NS. The molecule has 0 fully saturated rings. The van der Waals surface area contributed by atoms with Crippen LogP contribution in [0.5, 0.6) is 0 Å². The number of hydrogen-bond donors (Lipinski definition) is 1. The number of halogens is 2. The number of nitrogens with two attached hydrogens (primary N) is 1. The Morgan fingerprint density at radius 1 is 1.45 bits per heavy atom. The molecule has 1 aromatic heterocycles. The van der Waals surface area contributed by atoms with E-state index in [1.54, 1.807) is 0 Å². The Labute approximate surface area is 80.1 Å². The van der Waals surface area contributed by atoms with E-state index in [4.69, 9.17) is 28.9 Å². The van der Waals surface area contributed by atoms with Gasteiger partial charge >= 0.3 is 0 Å². The van der Waals surface area contributed by atoms with Gasteiger partial charge in [0.25, 0.3) is 0 Å². The molecule has 11 heavy (non-hydrogen) atoms. The highest BCUT2D eigenvalue weighted by Gasteiger charge is 2.18. The Balaban J connectivity index is 3.08. The molecule has 0 spiro atoms. The van der Waals surface area contributed by atoms with Crippen molar-refractivity contribution in [1.82, 2.24) is 0 Å². The van der Waals surface area contributed by atoms with E-state index in [-0.39, 0.29) is 5.54 Å². The van der Waals surface area contributed by atoms with Gasteiger partial charge in [-0.25, -0.2) is 0 Å². The van der Waals surface area contributed by atoms with Crippen LogP contribution in [0, 0.1) is 0 Å². The minimum atomic E-state index is -0.346. The highest BCUT2D eigenvalue weighted by Crippen LogP contribution is 2.35. The second-order valence-electron chi connectivity index (χ2n) is 2.95. The summed E-state index contributed by atoms with van der Waals surface area (Å²) in [6, 6.07) is 1.81. The maximum atomic E-state index is 5.83. The molecule has 0 radical (unpaired) electrons. The fraction of sp³-hybridized carbons (Fsp3) is 0.429. The zero-order valence-electron chi connectivity index (χ0n) is 6.32. The maximum absolute atomic E-state index is 5.83. The van der Waals surface area contributed by atoms with E-state index in [9.17, 15) is 0 Å². The van der Waals surface area contributed by atoms with E-state index in [1.165, 1.54) is 11.3 Å². The van der Waals surface area contributed by atoms with E-state index in [1.807, 2.05) is 19.9 Å². The molecule has 0 amide bonds. The molecule has 1 nitrogen and oxygen atoms in total. The van der Waals surface area contributed by atoms with Crippen LogP contribution in [0.25, 0.3) is 0 Å². The first-order valence-corrected chi connectivity index (χ1v) is 4.72. The summed E-state index contributed by atoms with van der Waals surface area (Å²) in [5, 5.41) is 0.588. The maximum Gasteiger partial charge on any atom is 0.112 e. The fourth-order valence-corrected chi connectivity index (χ4v) is 2.05. The van der Waals surface area contributed by atoms with Crippen LogP contribution in [0.1, 0.15) is 18.7 Å². The predicted molar refractivity (Wildman–Crippen MR) is 51.6 cm³/mol. The fourth-order valence-electron chi connectivity index (χ4n) is 0.664. The molecule has 1 heterocycles. The smallest absolute Gasteiger partial charge is 0.112 e. The van der Waals surface area contributed by atoms with Crippen LogP contribution in [-0.4, -0.2) is 0 Å².